The average molecular weight is 421 g/mol. The number of rotatable bonds is 6. The van der Waals surface area contributed by atoms with Crippen molar-refractivity contribution >= 4 is 45.8 Å². The van der Waals surface area contributed by atoms with Crippen LogP contribution in [0, 0.1) is 11.7 Å². The van der Waals surface area contributed by atoms with Gasteiger partial charge in [0, 0.05) is 16.5 Å². The molecule has 0 bridgehead atoms. The Morgan fingerprint density at radius 3 is 2.89 bits per heavy atom. The molecule has 1 aromatic heterocycles. The van der Waals surface area contributed by atoms with Crippen molar-refractivity contribution in [3.05, 3.63) is 56.7 Å². The summed E-state index contributed by atoms with van der Waals surface area (Å²) in [5.41, 5.74) is 7.09. The molecule has 1 aliphatic rings. The van der Waals surface area contributed by atoms with E-state index >= 15 is 0 Å². The highest BCUT2D eigenvalue weighted by Crippen LogP contribution is 2.40. The Morgan fingerprint density at radius 2 is 2.21 bits per heavy atom. The Bertz CT molecular complexity index is 918. The molecule has 2 aromatic rings. The first kappa shape index (κ1) is 20.6. The molecule has 1 aromatic carbocycles. The Balaban J connectivity index is 1.81. The summed E-state index contributed by atoms with van der Waals surface area (Å²) in [6.45, 7) is 2.17. The number of fused-ring (bicyclic) bond motifs is 1. The molecule has 3 N–H and O–H groups in total. The van der Waals surface area contributed by atoms with Crippen LogP contribution in [0.15, 0.2) is 24.3 Å². The molecule has 0 saturated heterocycles. The van der Waals surface area contributed by atoms with E-state index < -0.39 is 17.6 Å². The third kappa shape index (κ3) is 4.45. The molecule has 0 aliphatic heterocycles. The van der Waals surface area contributed by atoms with Gasteiger partial charge in [-0.3, -0.25) is 9.59 Å². The second kappa shape index (κ2) is 8.88. The van der Waals surface area contributed by atoms with Crippen LogP contribution >= 0.6 is 22.9 Å². The lowest BCUT2D eigenvalue weighted by Gasteiger charge is -2.21. The van der Waals surface area contributed by atoms with Crippen LogP contribution in [-0.4, -0.2) is 11.8 Å². The van der Waals surface area contributed by atoms with E-state index in [1.807, 2.05) is 0 Å². The predicted octanol–water partition coefficient (Wildman–Crippen LogP) is 5.20. The molecule has 0 radical (unpaired) electrons. The molecule has 28 heavy (non-hydrogen) atoms. The third-order valence-electron chi connectivity index (χ3n) is 4.95. The highest BCUT2D eigenvalue weighted by atomic mass is 35.5. The fourth-order valence-electron chi connectivity index (χ4n) is 3.64. The van der Waals surface area contributed by atoms with Crippen LogP contribution in [-0.2, 0) is 17.6 Å². The topological polar surface area (TPSA) is 72.2 Å². The minimum Gasteiger partial charge on any atom is -0.365 e. The molecule has 4 nitrogen and oxygen atoms in total. The number of nitrogens with one attached hydrogen (secondary N) is 1. The van der Waals surface area contributed by atoms with Crippen molar-refractivity contribution in [3.63, 3.8) is 0 Å². The van der Waals surface area contributed by atoms with Gasteiger partial charge < -0.3 is 11.1 Å². The lowest BCUT2D eigenvalue weighted by molar-refractivity contribution is -0.111. The molecule has 3 rings (SSSR count). The van der Waals surface area contributed by atoms with Gasteiger partial charge in [-0.25, -0.2) is 4.39 Å². The Morgan fingerprint density at radius 1 is 1.43 bits per heavy atom. The zero-order chi connectivity index (χ0) is 20.3. The quantitative estimate of drug-likeness (QED) is 0.630. The zero-order valence-electron chi connectivity index (χ0n) is 15.6. The Labute approximate surface area is 172 Å². The summed E-state index contributed by atoms with van der Waals surface area (Å²) in [5, 5.41) is 3.41. The summed E-state index contributed by atoms with van der Waals surface area (Å²) >= 11 is 7.38. The fraction of sp³-hybridized carbons (Fsp3) is 0.333. The SMILES string of the molecule is CCCC1CCc2c(sc(NC(=O)C=Cc3c(F)cccc3Cl)c2C(N)=O)C1. The number of hydrogen-bond donors (Lipinski definition) is 2. The number of carbonyl (C=O) groups excluding carboxylic acids is 2. The number of amides is 2. The van der Waals surface area contributed by atoms with E-state index in [4.69, 9.17) is 17.3 Å². The molecule has 7 heteroatoms. The summed E-state index contributed by atoms with van der Waals surface area (Å²) < 4.78 is 13.8. The van der Waals surface area contributed by atoms with Gasteiger partial charge in [-0.2, -0.15) is 0 Å². The summed E-state index contributed by atoms with van der Waals surface area (Å²) in [4.78, 5) is 25.5. The maximum Gasteiger partial charge on any atom is 0.251 e. The van der Waals surface area contributed by atoms with Crippen LogP contribution < -0.4 is 11.1 Å². The number of halogens is 2. The van der Waals surface area contributed by atoms with E-state index in [0.717, 1.165) is 42.5 Å². The normalized spacial score (nSPS) is 16.2. The van der Waals surface area contributed by atoms with Gasteiger partial charge in [0.25, 0.3) is 5.91 Å². The van der Waals surface area contributed by atoms with Gasteiger partial charge in [0.05, 0.1) is 10.6 Å². The molecule has 1 unspecified atom stereocenters. The van der Waals surface area contributed by atoms with Crippen molar-refractivity contribution in [1.29, 1.82) is 0 Å². The number of anilines is 1. The second-order valence-electron chi connectivity index (χ2n) is 6.93. The maximum atomic E-state index is 13.8. The second-order valence-corrected chi connectivity index (χ2v) is 8.44. The molecule has 0 saturated carbocycles. The zero-order valence-corrected chi connectivity index (χ0v) is 17.1. The minimum absolute atomic E-state index is 0.141. The van der Waals surface area contributed by atoms with Gasteiger partial charge in [-0.1, -0.05) is 37.4 Å². The van der Waals surface area contributed by atoms with E-state index in [9.17, 15) is 14.0 Å². The van der Waals surface area contributed by atoms with Crippen molar-refractivity contribution in [2.75, 3.05) is 5.32 Å². The van der Waals surface area contributed by atoms with E-state index in [-0.39, 0.29) is 10.6 Å². The molecular weight excluding hydrogens is 399 g/mol. The van der Waals surface area contributed by atoms with Crippen LogP contribution in [0.1, 0.15) is 52.5 Å². The highest BCUT2D eigenvalue weighted by Gasteiger charge is 2.28. The lowest BCUT2D eigenvalue weighted by atomic mass is 9.84. The van der Waals surface area contributed by atoms with Gasteiger partial charge in [0.15, 0.2) is 0 Å². The number of carbonyl (C=O) groups is 2. The average Bonchev–Trinajstić information content (AvgIpc) is 2.98. The van der Waals surface area contributed by atoms with Gasteiger partial charge in [-0.15, -0.1) is 11.3 Å². The molecule has 148 valence electrons. The van der Waals surface area contributed by atoms with Crippen LogP contribution in [0.5, 0.6) is 0 Å². The predicted molar refractivity (Wildman–Crippen MR) is 112 cm³/mol. The number of hydrogen-bond acceptors (Lipinski definition) is 3. The summed E-state index contributed by atoms with van der Waals surface area (Å²) in [5.74, 6) is -0.917. The van der Waals surface area contributed by atoms with Crippen molar-refractivity contribution < 1.29 is 14.0 Å². The lowest BCUT2D eigenvalue weighted by Crippen LogP contribution is -2.19. The van der Waals surface area contributed by atoms with Gasteiger partial charge >= 0.3 is 0 Å². The minimum atomic E-state index is -0.539. The molecule has 0 fully saturated rings. The van der Waals surface area contributed by atoms with E-state index in [0.29, 0.717) is 16.5 Å². The van der Waals surface area contributed by atoms with Crippen molar-refractivity contribution in [2.24, 2.45) is 11.7 Å². The highest BCUT2D eigenvalue weighted by molar-refractivity contribution is 7.17. The van der Waals surface area contributed by atoms with Crippen molar-refractivity contribution in [1.82, 2.24) is 0 Å². The van der Waals surface area contributed by atoms with Crippen molar-refractivity contribution in [3.8, 4) is 0 Å². The van der Waals surface area contributed by atoms with Crippen LogP contribution in [0.3, 0.4) is 0 Å². The van der Waals surface area contributed by atoms with Gasteiger partial charge in [-0.05, 0) is 49.0 Å². The Kier molecular flexibility index (Phi) is 6.52. The largest absolute Gasteiger partial charge is 0.365 e. The monoisotopic (exact) mass is 420 g/mol. The number of primary amides is 1. The van der Waals surface area contributed by atoms with Gasteiger partial charge in [0.1, 0.15) is 10.8 Å². The molecule has 1 atom stereocenters. The molecule has 0 spiro atoms. The maximum absolute atomic E-state index is 13.8. The van der Waals surface area contributed by atoms with Crippen LogP contribution in [0.2, 0.25) is 5.02 Å². The first-order valence-corrected chi connectivity index (χ1v) is 10.5. The van der Waals surface area contributed by atoms with E-state index in [1.165, 1.54) is 35.6 Å². The smallest absolute Gasteiger partial charge is 0.251 e. The molecule has 2 amide bonds. The van der Waals surface area contributed by atoms with Gasteiger partial charge in [0.2, 0.25) is 5.91 Å². The summed E-state index contributed by atoms with van der Waals surface area (Å²) in [6, 6.07) is 4.32. The fourth-order valence-corrected chi connectivity index (χ4v) is 5.24. The standard InChI is InChI=1S/C21H22ClFN2O2S/c1-2-4-12-7-8-14-17(11-12)28-21(19(14)20(24)27)25-18(26)10-9-13-15(22)5-3-6-16(13)23/h3,5-6,9-10,12H,2,4,7-8,11H2,1H3,(H2,24,27)(H,25,26). The molecule has 1 heterocycles. The Hall–Kier alpha value is -2.18. The molecular formula is C21H22ClFN2O2S. The number of benzene rings is 1. The van der Waals surface area contributed by atoms with Crippen molar-refractivity contribution in [2.45, 2.75) is 39.0 Å². The third-order valence-corrected chi connectivity index (χ3v) is 6.45. The first-order valence-electron chi connectivity index (χ1n) is 9.28. The van der Waals surface area contributed by atoms with E-state index in [2.05, 4.69) is 12.2 Å². The molecule has 1 aliphatic carbocycles. The van der Waals surface area contributed by atoms with Crippen LogP contribution in [0.25, 0.3) is 6.08 Å². The summed E-state index contributed by atoms with van der Waals surface area (Å²) in [6.07, 6.45) is 7.53. The van der Waals surface area contributed by atoms with E-state index in [1.54, 1.807) is 6.07 Å². The number of thiophene rings is 1. The first-order chi connectivity index (χ1) is 13.4. The summed E-state index contributed by atoms with van der Waals surface area (Å²) in [7, 11) is 0. The number of nitrogens with two attached hydrogens (primary N) is 1. The van der Waals surface area contributed by atoms with Crippen LogP contribution in [0.4, 0.5) is 9.39 Å².